The van der Waals surface area contributed by atoms with Crippen molar-refractivity contribution in [1.82, 2.24) is 9.55 Å². The number of nitrogens with one attached hydrogen (secondary N) is 1. The van der Waals surface area contributed by atoms with Gasteiger partial charge in [0, 0.05) is 17.2 Å². The van der Waals surface area contributed by atoms with Crippen LogP contribution >= 0.6 is 0 Å². The number of hydrogen-bond acceptors (Lipinski definition) is 3. The van der Waals surface area contributed by atoms with Gasteiger partial charge in [-0.3, -0.25) is 14.3 Å². The number of H-pyrrole nitrogens is 1. The Hall–Kier alpha value is -3.17. The molecule has 0 spiro atoms. The third kappa shape index (κ3) is 2.59. The number of aromatic nitrogens is 2. The van der Waals surface area contributed by atoms with Gasteiger partial charge in [0.25, 0.3) is 5.56 Å². The molecule has 0 aliphatic carbocycles. The summed E-state index contributed by atoms with van der Waals surface area (Å²) in [4.78, 5) is 26.0. The Morgan fingerprint density at radius 3 is 2.52 bits per heavy atom. The Labute approximate surface area is 146 Å². The number of ether oxygens (including phenoxy) is 1. The fraction of sp³-hybridized carbons (Fsp3) is 0.176. The molecular formula is C17H9F5N2O3. The molecule has 0 atom stereocenters. The van der Waals surface area contributed by atoms with Crippen molar-refractivity contribution in [2.75, 3.05) is 6.61 Å². The second kappa shape index (κ2) is 5.66. The largest absolute Gasteiger partial charge is 0.489 e. The van der Waals surface area contributed by atoms with Crippen molar-refractivity contribution >= 4 is 10.9 Å². The van der Waals surface area contributed by atoms with Crippen LogP contribution in [0, 0.1) is 11.6 Å². The number of nitrogens with zero attached hydrogens (tertiary/aromatic N) is 1. The van der Waals surface area contributed by atoms with Crippen LogP contribution in [-0.4, -0.2) is 16.2 Å². The molecule has 2 heterocycles. The van der Waals surface area contributed by atoms with E-state index in [1.54, 1.807) is 0 Å². The van der Waals surface area contributed by atoms with E-state index in [2.05, 4.69) is 0 Å². The maximum Gasteiger partial charge on any atom is 0.417 e. The summed E-state index contributed by atoms with van der Waals surface area (Å²) in [5.74, 6) is -2.64. The van der Waals surface area contributed by atoms with E-state index in [1.165, 1.54) is 0 Å². The van der Waals surface area contributed by atoms with Gasteiger partial charge in [0.05, 0.1) is 17.5 Å². The zero-order chi connectivity index (χ0) is 19.5. The molecular weight excluding hydrogens is 375 g/mol. The van der Waals surface area contributed by atoms with Gasteiger partial charge in [-0.25, -0.2) is 13.6 Å². The van der Waals surface area contributed by atoms with Crippen LogP contribution in [-0.2, 0) is 12.7 Å². The lowest BCUT2D eigenvalue weighted by Crippen LogP contribution is -2.34. The number of aromatic amines is 1. The minimum Gasteiger partial charge on any atom is -0.489 e. The fourth-order valence-electron chi connectivity index (χ4n) is 3.20. The predicted molar refractivity (Wildman–Crippen MR) is 84.7 cm³/mol. The van der Waals surface area contributed by atoms with Crippen molar-refractivity contribution in [1.29, 1.82) is 0 Å². The zero-order valence-electron chi connectivity index (χ0n) is 13.3. The van der Waals surface area contributed by atoms with E-state index in [-0.39, 0.29) is 18.7 Å². The maximum atomic E-state index is 14.3. The molecule has 0 unspecified atom stereocenters. The van der Waals surface area contributed by atoms with Gasteiger partial charge in [-0.2, -0.15) is 13.2 Å². The molecule has 4 rings (SSSR count). The van der Waals surface area contributed by atoms with E-state index in [1.807, 2.05) is 4.98 Å². The first kappa shape index (κ1) is 17.3. The van der Waals surface area contributed by atoms with Gasteiger partial charge in [0.1, 0.15) is 23.8 Å². The first-order valence-corrected chi connectivity index (χ1v) is 7.67. The molecule has 0 fully saturated rings. The van der Waals surface area contributed by atoms with Crippen LogP contribution < -0.4 is 16.0 Å². The maximum absolute atomic E-state index is 14.3. The summed E-state index contributed by atoms with van der Waals surface area (Å²) < 4.78 is 75.0. The van der Waals surface area contributed by atoms with Gasteiger partial charge in [-0.1, -0.05) is 0 Å². The average molecular weight is 384 g/mol. The highest BCUT2D eigenvalue weighted by Gasteiger charge is 2.38. The highest BCUT2D eigenvalue weighted by Crippen LogP contribution is 2.46. The number of alkyl halides is 3. The molecule has 0 saturated carbocycles. The molecule has 0 saturated heterocycles. The Morgan fingerprint density at radius 2 is 1.85 bits per heavy atom. The molecule has 1 aliphatic heterocycles. The Bertz CT molecular complexity index is 1210. The minimum atomic E-state index is -4.96. The second-order valence-corrected chi connectivity index (χ2v) is 5.91. The molecule has 0 radical (unpaired) electrons. The third-order valence-electron chi connectivity index (χ3n) is 4.30. The van der Waals surface area contributed by atoms with Crippen LogP contribution in [0.5, 0.6) is 5.75 Å². The van der Waals surface area contributed by atoms with Crippen molar-refractivity contribution in [2.45, 2.75) is 12.7 Å². The SMILES string of the molecule is O=c1[nH]c(=O)n2c3c(c(-c4ccc(F)cc4F)c(C(F)(F)F)cc13)OCC2. The van der Waals surface area contributed by atoms with Gasteiger partial charge in [-0.15, -0.1) is 0 Å². The lowest BCUT2D eigenvalue weighted by molar-refractivity contribution is -0.137. The van der Waals surface area contributed by atoms with Gasteiger partial charge in [0.2, 0.25) is 0 Å². The van der Waals surface area contributed by atoms with Crippen molar-refractivity contribution in [2.24, 2.45) is 0 Å². The van der Waals surface area contributed by atoms with Gasteiger partial charge in [-0.05, 0) is 18.2 Å². The number of benzene rings is 2. The van der Waals surface area contributed by atoms with Crippen molar-refractivity contribution in [3.05, 3.63) is 62.3 Å². The number of hydrogen-bond donors (Lipinski definition) is 1. The first-order chi connectivity index (χ1) is 12.7. The van der Waals surface area contributed by atoms with E-state index < -0.39 is 56.9 Å². The van der Waals surface area contributed by atoms with Crippen LogP contribution in [0.2, 0.25) is 0 Å². The molecule has 5 nitrogen and oxygen atoms in total. The summed E-state index contributed by atoms with van der Waals surface area (Å²) in [5, 5.41) is -0.414. The van der Waals surface area contributed by atoms with E-state index in [9.17, 15) is 31.5 Å². The van der Waals surface area contributed by atoms with Crippen LogP contribution in [0.4, 0.5) is 22.0 Å². The minimum absolute atomic E-state index is 0.00415. The molecule has 1 aromatic heterocycles. The molecule has 10 heteroatoms. The summed E-state index contributed by atoms with van der Waals surface area (Å²) in [6.07, 6.45) is -4.96. The quantitative estimate of drug-likeness (QED) is 0.656. The number of halogens is 5. The molecule has 0 bridgehead atoms. The van der Waals surface area contributed by atoms with Crippen molar-refractivity contribution < 1.29 is 26.7 Å². The Kier molecular flexibility index (Phi) is 3.62. The zero-order valence-corrected chi connectivity index (χ0v) is 13.3. The Morgan fingerprint density at radius 1 is 1.11 bits per heavy atom. The lowest BCUT2D eigenvalue weighted by Gasteiger charge is -2.25. The van der Waals surface area contributed by atoms with E-state index >= 15 is 0 Å². The summed E-state index contributed by atoms with van der Waals surface area (Å²) in [5.41, 5.74) is -4.57. The van der Waals surface area contributed by atoms with Crippen LogP contribution in [0.3, 0.4) is 0 Å². The normalized spacial score (nSPS) is 13.7. The monoisotopic (exact) mass is 384 g/mol. The predicted octanol–water partition coefficient (Wildman–Crippen LogP) is 3.05. The highest BCUT2D eigenvalue weighted by molar-refractivity contribution is 5.95. The molecule has 140 valence electrons. The molecule has 0 amide bonds. The average Bonchev–Trinajstić information content (AvgIpc) is 2.58. The van der Waals surface area contributed by atoms with E-state index in [4.69, 9.17) is 4.74 Å². The summed E-state index contributed by atoms with van der Waals surface area (Å²) in [6, 6.07) is 2.65. The number of rotatable bonds is 1. The van der Waals surface area contributed by atoms with Crippen LogP contribution in [0.1, 0.15) is 5.56 Å². The van der Waals surface area contributed by atoms with Crippen molar-refractivity contribution in [3.8, 4) is 16.9 Å². The molecule has 1 N–H and O–H groups in total. The van der Waals surface area contributed by atoms with E-state index in [0.717, 1.165) is 16.7 Å². The molecule has 1 aliphatic rings. The second-order valence-electron chi connectivity index (χ2n) is 5.91. The third-order valence-corrected chi connectivity index (χ3v) is 4.30. The standard InChI is InChI=1S/C17H9F5N2O3/c18-7-1-2-8(11(19)5-7)12-10(17(20,21)22)6-9-13-14(12)27-4-3-24(13)16(26)23-15(9)25/h1-2,5-6H,3-4H2,(H,23,25,26). The van der Waals surface area contributed by atoms with Gasteiger partial charge < -0.3 is 4.74 Å². The van der Waals surface area contributed by atoms with Crippen LogP contribution in [0.25, 0.3) is 22.0 Å². The lowest BCUT2D eigenvalue weighted by atomic mass is 9.94. The fourth-order valence-corrected chi connectivity index (χ4v) is 3.20. The van der Waals surface area contributed by atoms with Gasteiger partial charge >= 0.3 is 11.9 Å². The molecule has 3 aromatic rings. The molecule has 2 aromatic carbocycles. The highest BCUT2D eigenvalue weighted by atomic mass is 19.4. The van der Waals surface area contributed by atoms with Crippen molar-refractivity contribution in [3.63, 3.8) is 0 Å². The van der Waals surface area contributed by atoms with E-state index in [0.29, 0.717) is 12.1 Å². The summed E-state index contributed by atoms with van der Waals surface area (Å²) >= 11 is 0. The summed E-state index contributed by atoms with van der Waals surface area (Å²) in [6.45, 7) is -0.166. The Balaban J connectivity index is 2.25. The molecule has 27 heavy (non-hydrogen) atoms. The van der Waals surface area contributed by atoms with Gasteiger partial charge in [0.15, 0.2) is 5.75 Å². The summed E-state index contributed by atoms with van der Waals surface area (Å²) in [7, 11) is 0. The first-order valence-electron chi connectivity index (χ1n) is 7.67. The topological polar surface area (TPSA) is 64.1 Å². The smallest absolute Gasteiger partial charge is 0.417 e. The van der Waals surface area contributed by atoms with Crippen LogP contribution in [0.15, 0.2) is 33.9 Å².